The molecule has 0 saturated carbocycles. The Kier molecular flexibility index (Phi) is 3.41. The number of thiazole rings is 1. The molecule has 1 aromatic rings. The third-order valence-electron chi connectivity index (χ3n) is 1.38. The van der Waals surface area contributed by atoms with Gasteiger partial charge in [-0.05, 0) is 0 Å². The molecule has 0 atom stereocenters. The van der Waals surface area contributed by atoms with Gasteiger partial charge in [0.05, 0.1) is 6.42 Å². The van der Waals surface area contributed by atoms with E-state index in [0.29, 0.717) is 5.13 Å². The number of nitrogens with one attached hydrogen (secondary N) is 1. The fourth-order valence-corrected chi connectivity index (χ4v) is 1.31. The van der Waals surface area contributed by atoms with Crippen LogP contribution in [0, 0.1) is 0 Å². The van der Waals surface area contributed by atoms with Gasteiger partial charge in [-0.3, -0.25) is 9.59 Å². The molecule has 14 heavy (non-hydrogen) atoms. The van der Waals surface area contributed by atoms with E-state index in [4.69, 9.17) is 10.8 Å². The number of carbonyl (C=O) groups excluding carboxylic acids is 1. The van der Waals surface area contributed by atoms with Gasteiger partial charge < -0.3 is 16.2 Å². The number of nitrogens with two attached hydrogens (primary N) is 1. The van der Waals surface area contributed by atoms with Crippen molar-refractivity contribution in [2.75, 3.05) is 12.3 Å². The van der Waals surface area contributed by atoms with E-state index in [1.54, 1.807) is 0 Å². The van der Waals surface area contributed by atoms with Crippen molar-refractivity contribution in [3.63, 3.8) is 0 Å². The molecule has 0 aliphatic carbocycles. The van der Waals surface area contributed by atoms with Crippen LogP contribution >= 0.6 is 11.3 Å². The number of hydrogen-bond acceptors (Lipinski definition) is 5. The van der Waals surface area contributed by atoms with Crippen LogP contribution in [0.5, 0.6) is 0 Å². The van der Waals surface area contributed by atoms with Crippen LogP contribution in [0.25, 0.3) is 0 Å². The monoisotopic (exact) mass is 215 g/mol. The molecule has 0 saturated heterocycles. The third-order valence-corrected chi connectivity index (χ3v) is 2.05. The molecule has 4 N–H and O–H groups in total. The van der Waals surface area contributed by atoms with Gasteiger partial charge in [0.25, 0.3) is 5.91 Å². The van der Waals surface area contributed by atoms with E-state index in [-0.39, 0.29) is 18.7 Å². The predicted octanol–water partition coefficient (Wildman–Crippen LogP) is -0.0702. The number of nitrogens with zero attached hydrogens (tertiary/aromatic N) is 1. The van der Waals surface area contributed by atoms with Crippen LogP contribution in [-0.4, -0.2) is 28.5 Å². The minimum Gasteiger partial charge on any atom is -0.481 e. The Morgan fingerprint density at radius 1 is 1.64 bits per heavy atom. The van der Waals surface area contributed by atoms with Crippen LogP contribution in [0.2, 0.25) is 0 Å². The molecular formula is C7H9N3O3S. The molecule has 1 aromatic heterocycles. The van der Waals surface area contributed by atoms with E-state index in [0.717, 1.165) is 11.3 Å². The average Bonchev–Trinajstić information content (AvgIpc) is 2.51. The Bertz CT molecular complexity index is 350. The Labute approximate surface area is 83.8 Å². The van der Waals surface area contributed by atoms with Crippen molar-refractivity contribution in [1.82, 2.24) is 10.3 Å². The molecule has 0 aliphatic heterocycles. The van der Waals surface area contributed by atoms with Crippen molar-refractivity contribution in [2.24, 2.45) is 0 Å². The second-order valence-electron chi connectivity index (χ2n) is 2.47. The molecule has 0 radical (unpaired) electrons. The van der Waals surface area contributed by atoms with Crippen molar-refractivity contribution in [1.29, 1.82) is 0 Å². The summed E-state index contributed by atoms with van der Waals surface area (Å²) in [6.07, 6.45) is -0.106. The van der Waals surface area contributed by atoms with Crippen molar-refractivity contribution >= 4 is 28.3 Å². The first-order valence-corrected chi connectivity index (χ1v) is 4.68. The molecular weight excluding hydrogens is 206 g/mol. The highest BCUT2D eigenvalue weighted by molar-refractivity contribution is 7.13. The summed E-state index contributed by atoms with van der Waals surface area (Å²) in [7, 11) is 0. The van der Waals surface area contributed by atoms with Gasteiger partial charge in [-0.1, -0.05) is 0 Å². The minimum absolute atomic E-state index is 0.0889. The quantitative estimate of drug-likeness (QED) is 0.652. The molecule has 7 heteroatoms. The van der Waals surface area contributed by atoms with Crippen molar-refractivity contribution in [3.8, 4) is 0 Å². The number of carbonyl (C=O) groups is 2. The zero-order chi connectivity index (χ0) is 10.6. The maximum atomic E-state index is 11.2. The number of aliphatic carboxylic acids is 1. The second kappa shape index (κ2) is 4.56. The maximum absolute atomic E-state index is 11.2. The fraction of sp³-hybridized carbons (Fsp3) is 0.286. The smallest absolute Gasteiger partial charge is 0.305 e. The van der Waals surface area contributed by atoms with Crippen molar-refractivity contribution in [3.05, 3.63) is 11.1 Å². The van der Waals surface area contributed by atoms with Crippen LogP contribution in [0.3, 0.4) is 0 Å². The molecule has 0 spiro atoms. The molecule has 1 rings (SSSR count). The largest absolute Gasteiger partial charge is 0.481 e. The maximum Gasteiger partial charge on any atom is 0.305 e. The van der Waals surface area contributed by atoms with E-state index in [2.05, 4.69) is 10.3 Å². The highest BCUT2D eigenvalue weighted by Crippen LogP contribution is 2.10. The third kappa shape index (κ3) is 3.02. The van der Waals surface area contributed by atoms with Gasteiger partial charge in [0.15, 0.2) is 5.13 Å². The second-order valence-corrected chi connectivity index (χ2v) is 3.36. The summed E-state index contributed by atoms with van der Waals surface area (Å²) in [6, 6.07) is 0. The van der Waals surface area contributed by atoms with E-state index in [9.17, 15) is 9.59 Å². The summed E-state index contributed by atoms with van der Waals surface area (Å²) in [6.45, 7) is 0.0889. The summed E-state index contributed by atoms with van der Waals surface area (Å²) in [5.41, 5.74) is 5.55. The van der Waals surface area contributed by atoms with E-state index in [1.165, 1.54) is 5.38 Å². The summed E-state index contributed by atoms with van der Waals surface area (Å²) < 4.78 is 0. The number of aromatic nitrogens is 1. The van der Waals surface area contributed by atoms with Gasteiger partial charge in [-0.25, -0.2) is 4.98 Å². The van der Waals surface area contributed by atoms with E-state index < -0.39 is 11.9 Å². The molecule has 1 amide bonds. The Hall–Kier alpha value is -1.63. The fourth-order valence-electron chi connectivity index (χ4n) is 0.765. The lowest BCUT2D eigenvalue weighted by Gasteiger charge is -1.99. The summed E-state index contributed by atoms with van der Waals surface area (Å²) in [5.74, 6) is -1.36. The molecule has 0 unspecified atom stereocenters. The lowest BCUT2D eigenvalue weighted by atomic mass is 10.4. The Balaban J connectivity index is 2.39. The minimum atomic E-state index is -0.955. The first-order chi connectivity index (χ1) is 6.59. The highest BCUT2D eigenvalue weighted by atomic mass is 32.1. The van der Waals surface area contributed by atoms with Gasteiger partial charge in [0.1, 0.15) is 5.69 Å². The lowest BCUT2D eigenvalue weighted by molar-refractivity contribution is -0.136. The van der Waals surface area contributed by atoms with Gasteiger partial charge in [-0.2, -0.15) is 0 Å². The molecule has 6 nitrogen and oxygen atoms in total. The van der Waals surface area contributed by atoms with Gasteiger partial charge in [-0.15, -0.1) is 11.3 Å². The summed E-state index contributed by atoms with van der Waals surface area (Å²) >= 11 is 1.16. The molecule has 0 aliphatic rings. The van der Waals surface area contributed by atoms with Crippen LogP contribution in [0.1, 0.15) is 16.9 Å². The standard InChI is InChI=1S/C7H9N3O3S/c8-7-10-4(3-14-7)6(13)9-2-1-5(11)12/h3H,1-2H2,(H2,8,10)(H,9,13)(H,11,12). The van der Waals surface area contributed by atoms with Crippen LogP contribution in [-0.2, 0) is 4.79 Å². The lowest BCUT2D eigenvalue weighted by Crippen LogP contribution is -2.26. The number of carboxylic acid groups (broad SMARTS) is 1. The molecule has 0 aromatic carbocycles. The molecule has 76 valence electrons. The highest BCUT2D eigenvalue weighted by Gasteiger charge is 2.08. The van der Waals surface area contributed by atoms with Crippen molar-refractivity contribution in [2.45, 2.75) is 6.42 Å². The van der Waals surface area contributed by atoms with Gasteiger partial charge in [0.2, 0.25) is 0 Å². The first kappa shape index (κ1) is 10.5. The van der Waals surface area contributed by atoms with E-state index >= 15 is 0 Å². The van der Waals surface area contributed by atoms with Crippen LogP contribution < -0.4 is 11.1 Å². The van der Waals surface area contributed by atoms with Gasteiger partial charge >= 0.3 is 5.97 Å². The zero-order valence-corrected chi connectivity index (χ0v) is 8.00. The summed E-state index contributed by atoms with van der Waals surface area (Å²) in [5, 5.41) is 12.6. The Morgan fingerprint density at radius 3 is 2.86 bits per heavy atom. The van der Waals surface area contributed by atoms with E-state index in [1.807, 2.05) is 0 Å². The van der Waals surface area contributed by atoms with Crippen molar-refractivity contribution < 1.29 is 14.7 Å². The Morgan fingerprint density at radius 2 is 2.36 bits per heavy atom. The number of hydrogen-bond donors (Lipinski definition) is 3. The van der Waals surface area contributed by atoms with Gasteiger partial charge in [0, 0.05) is 11.9 Å². The SMILES string of the molecule is Nc1nc(C(=O)NCCC(=O)O)cs1. The number of carboxylic acids is 1. The summed E-state index contributed by atoms with van der Waals surface area (Å²) in [4.78, 5) is 25.1. The number of anilines is 1. The molecule has 0 bridgehead atoms. The number of nitrogen functional groups attached to an aromatic ring is 1. The average molecular weight is 215 g/mol. The number of rotatable bonds is 4. The predicted molar refractivity (Wildman–Crippen MR) is 51.1 cm³/mol. The van der Waals surface area contributed by atoms with Crippen LogP contribution in [0.4, 0.5) is 5.13 Å². The zero-order valence-electron chi connectivity index (χ0n) is 7.19. The molecule has 1 heterocycles. The van der Waals surface area contributed by atoms with Crippen LogP contribution in [0.15, 0.2) is 5.38 Å². The normalized spacial score (nSPS) is 9.71. The molecule has 0 fully saturated rings. The first-order valence-electron chi connectivity index (χ1n) is 3.80. The number of amides is 1. The topological polar surface area (TPSA) is 105 Å².